The Balaban J connectivity index is 1.60. The summed E-state index contributed by atoms with van der Waals surface area (Å²) in [6, 6.07) is 11.8. The van der Waals surface area contributed by atoms with Crippen LogP contribution < -0.4 is 0 Å². The fraction of sp³-hybridized carbons (Fsp3) is 0.556. The highest BCUT2D eigenvalue weighted by Gasteiger charge is 2.29. The number of hydrogen-bond donors (Lipinski definition) is 0. The molecule has 38 heavy (non-hydrogen) atoms. The molecule has 0 aromatic heterocycles. The van der Waals surface area contributed by atoms with Crippen molar-refractivity contribution in [3.63, 3.8) is 0 Å². The average Bonchev–Trinajstić information content (AvgIpc) is 2.86. The van der Waals surface area contributed by atoms with Crippen molar-refractivity contribution in [3.05, 3.63) is 81.4 Å². The maximum Gasteiger partial charge on any atom is 0.194 e. The highest BCUT2D eigenvalue weighted by atomic mass is 16.1. The number of aryl methyl sites for hydroxylation is 2. The van der Waals surface area contributed by atoms with Gasteiger partial charge in [-0.25, -0.2) is 0 Å². The average molecular weight is 515 g/mol. The Labute approximate surface area is 232 Å². The van der Waals surface area contributed by atoms with Crippen molar-refractivity contribution >= 4 is 11.6 Å². The van der Waals surface area contributed by atoms with Gasteiger partial charge in [-0.3, -0.25) is 9.59 Å². The topological polar surface area (TPSA) is 34.1 Å². The lowest BCUT2D eigenvalue weighted by Crippen LogP contribution is -2.21. The summed E-state index contributed by atoms with van der Waals surface area (Å²) in [5.74, 6) is 2.25. The van der Waals surface area contributed by atoms with E-state index in [0.29, 0.717) is 22.3 Å². The molecule has 2 nitrogen and oxygen atoms in total. The molecule has 0 amide bonds. The zero-order valence-electron chi connectivity index (χ0n) is 24.9. The van der Waals surface area contributed by atoms with E-state index in [1.54, 1.807) is 0 Å². The van der Waals surface area contributed by atoms with Gasteiger partial charge in [0, 0.05) is 22.3 Å². The number of benzene rings is 2. The molecule has 0 radical (unpaired) electrons. The van der Waals surface area contributed by atoms with Crippen LogP contribution in [0.2, 0.25) is 0 Å². The van der Waals surface area contributed by atoms with Crippen LogP contribution in [0.25, 0.3) is 0 Å². The van der Waals surface area contributed by atoms with Crippen molar-refractivity contribution in [2.45, 2.75) is 112 Å². The van der Waals surface area contributed by atoms with Gasteiger partial charge in [0.15, 0.2) is 11.6 Å². The molecule has 0 spiro atoms. The number of fused-ring (bicyclic) bond motifs is 2. The lowest BCUT2D eigenvalue weighted by Gasteiger charge is -2.19. The van der Waals surface area contributed by atoms with Crippen molar-refractivity contribution in [1.82, 2.24) is 0 Å². The van der Waals surface area contributed by atoms with Crippen molar-refractivity contribution in [3.8, 4) is 0 Å². The number of allylic oxidation sites excluding steroid dienone is 2. The molecule has 0 N–H and O–H groups in total. The summed E-state index contributed by atoms with van der Waals surface area (Å²) in [6.45, 7) is 13.7. The number of rotatable bonds is 15. The van der Waals surface area contributed by atoms with Gasteiger partial charge in [-0.05, 0) is 86.5 Å². The van der Waals surface area contributed by atoms with Gasteiger partial charge in [0.2, 0.25) is 0 Å². The van der Waals surface area contributed by atoms with Gasteiger partial charge in [0.05, 0.1) is 0 Å². The van der Waals surface area contributed by atoms with Gasteiger partial charge < -0.3 is 0 Å². The van der Waals surface area contributed by atoms with Gasteiger partial charge in [0.1, 0.15) is 0 Å². The third-order valence-electron chi connectivity index (χ3n) is 8.07. The fourth-order valence-electron chi connectivity index (χ4n) is 5.61. The molecular formula is C36H50O2. The highest BCUT2D eigenvalue weighted by Crippen LogP contribution is 2.30. The Morgan fingerprint density at radius 3 is 1.79 bits per heavy atom. The Morgan fingerprint density at radius 1 is 0.658 bits per heavy atom. The van der Waals surface area contributed by atoms with Gasteiger partial charge in [-0.1, -0.05) is 103 Å². The van der Waals surface area contributed by atoms with E-state index in [9.17, 15) is 9.59 Å². The number of carbonyl (C=O) groups excluding carboxylic acids is 2. The van der Waals surface area contributed by atoms with Gasteiger partial charge >= 0.3 is 0 Å². The van der Waals surface area contributed by atoms with Crippen LogP contribution in [0.1, 0.15) is 142 Å². The van der Waals surface area contributed by atoms with Gasteiger partial charge in [-0.2, -0.15) is 0 Å². The summed E-state index contributed by atoms with van der Waals surface area (Å²) < 4.78 is 0. The second-order valence-corrected chi connectivity index (χ2v) is 12.6. The minimum atomic E-state index is -0.0210. The molecule has 0 aliphatic heterocycles. The molecule has 206 valence electrons. The molecular weight excluding hydrogens is 464 g/mol. The first-order valence-electron chi connectivity index (χ1n) is 15.2. The Hall–Kier alpha value is -2.48. The molecule has 3 rings (SSSR count). The van der Waals surface area contributed by atoms with E-state index < -0.39 is 0 Å². The minimum Gasteiger partial charge on any atom is -0.289 e. The first kappa shape index (κ1) is 30.1. The van der Waals surface area contributed by atoms with Crippen LogP contribution in [-0.2, 0) is 12.8 Å². The van der Waals surface area contributed by atoms with Crippen LogP contribution in [0, 0.1) is 17.8 Å². The molecule has 1 aliphatic rings. The van der Waals surface area contributed by atoms with Crippen LogP contribution >= 0.6 is 0 Å². The van der Waals surface area contributed by atoms with Crippen LogP contribution in [0.4, 0.5) is 0 Å². The summed E-state index contributed by atoms with van der Waals surface area (Å²) in [5.41, 5.74) is 6.01. The minimum absolute atomic E-state index is 0.000705. The van der Waals surface area contributed by atoms with Crippen LogP contribution in [-0.4, -0.2) is 11.6 Å². The predicted octanol–water partition coefficient (Wildman–Crippen LogP) is 9.95. The van der Waals surface area contributed by atoms with E-state index >= 15 is 0 Å². The van der Waals surface area contributed by atoms with Crippen molar-refractivity contribution < 1.29 is 9.59 Å². The molecule has 1 aliphatic carbocycles. The molecule has 0 heterocycles. The van der Waals surface area contributed by atoms with E-state index in [4.69, 9.17) is 0 Å². The maximum atomic E-state index is 13.5. The van der Waals surface area contributed by atoms with E-state index in [-0.39, 0.29) is 11.6 Å². The maximum absolute atomic E-state index is 13.5. The lowest BCUT2D eigenvalue weighted by atomic mass is 9.82. The Kier molecular flexibility index (Phi) is 11.6. The normalized spacial score (nSPS) is 14.3. The summed E-state index contributed by atoms with van der Waals surface area (Å²) >= 11 is 0. The molecule has 0 fully saturated rings. The first-order valence-corrected chi connectivity index (χ1v) is 15.2. The summed E-state index contributed by atoms with van der Waals surface area (Å²) in [6.07, 6.45) is 15.1. The zero-order chi connectivity index (χ0) is 27.7. The van der Waals surface area contributed by atoms with Crippen LogP contribution in [0.15, 0.2) is 48.0 Å². The second kappa shape index (κ2) is 14.6. The molecule has 2 heteroatoms. The molecule has 0 bridgehead atoms. The summed E-state index contributed by atoms with van der Waals surface area (Å²) in [4.78, 5) is 26.7. The third kappa shape index (κ3) is 8.79. The SMILES string of the molecule is C/C(=C\CCc1ccc2c(c1)C(=O)c1cc(CCCC(C)CCCC(C)C)ccc1C2=O)CCCC(C)C. The largest absolute Gasteiger partial charge is 0.289 e. The summed E-state index contributed by atoms with van der Waals surface area (Å²) in [7, 11) is 0. The van der Waals surface area contributed by atoms with Crippen molar-refractivity contribution in [1.29, 1.82) is 0 Å². The highest BCUT2D eigenvalue weighted by molar-refractivity contribution is 6.28. The molecule has 0 saturated carbocycles. The third-order valence-corrected chi connectivity index (χ3v) is 8.07. The van der Waals surface area contributed by atoms with E-state index in [0.717, 1.165) is 61.0 Å². The predicted molar refractivity (Wildman–Crippen MR) is 161 cm³/mol. The monoisotopic (exact) mass is 514 g/mol. The molecule has 2 aromatic carbocycles. The van der Waals surface area contributed by atoms with E-state index in [1.807, 2.05) is 36.4 Å². The molecule has 1 unspecified atom stereocenters. The quantitative estimate of drug-likeness (QED) is 0.189. The molecule has 0 saturated heterocycles. The Bertz CT molecular complexity index is 1120. The number of carbonyl (C=O) groups is 2. The standard InChI is InChI=1S/C36H50O2/c1-25(2)11-7-13-27(5)15-9-17-29-19-21-31-33(23-29)36(38)34-24-30(20-22-32(34)35(31)37)18-10-16-28(6)14-8-12-26(3)4/h15,19-26,28H,7-14,16-18H2,1-6H3/b27-15+. The second-order valence-electron chi connectivity index (χ2n) is 12.6. The molecule has 2 aromatic rings. The number of ketones is 2. The van der Waals surface area contributed by atoms with E-state index in [1.165, 1.54) is 44.1 Å². The van der Waals surface area contributed by atoms with Crippen LogP contribution in [0.5, 0.6) is 0 Å². The molecule has 1 atom stereocenters. The lowest BCUT2D eigenvalue weighted by molar-refractivity contribution is 0.0979. The smallest absolute Gasteiger partial charge is 0.194 e. The number of hydrogen-bond acceptors (Lipinski definition) is 2. The first-order chi connectivity index (χ1) is 18.2. The van der Waals surface area contributed by atoms with Crippen molar-refractivity contribution in [2.75, 3.05) is 0 Å². The van der Waals surface area contributed by atoms with Crippen LogP contribution in [0.3, 0.4) is 0 Å². The summed E-state index contributed by atoms with van der Waals surface area (Å²) in [5, 5.41) is 0. The van der Waals surface area contributed by atoms with Gasteiger partial charge in [-0.15, -0.1) is 0 Å². The van der Waals surface area contributed by atoms with Crippen molar-refractivity contribution in [2.24, 2.45) is 17.8 Å². The van der Waals surface area contributed by atoms with E-state index in [2.05, 4.69) is 47.6 Å². The van der Waals surface area contributed by atoms with Gasteiger partial charge in [0.25, 0.3) is 0 Å². The fourth-order valence-corrected chi connectivity index (χ4v) is 5.61. The zero-order valence-corrected chi connectivity index (χ0v) is 24.9. The Morgan fingerprint density at radius 2 is 1.18 bits per heavy atom.